The van der Waals surface area contributed by atoms with Crippen LogP contribution in [0.25, 0.3) is 0 Å². The Kier molecular flexibility index (Phi) is 5.04. The first-order valence-electron chi connectivity index (χ1n) is 10.8. The predicted octanol–water partition coefficient (Wildman–Crippen LogP) is 4.18. The zero-order valence-electron chi connectivity index (χ0n) is 16.9. The summed E-state index contributed by atoms with van der Waals surface area (Å²) in [6.45, 7) is 1.37. The molecule has 4 fully saturated rings. The van der Waals surface area contributed by atoms with Crippen molar-refractivity contribution in [3.05, 3.63) is 46.6 Å². The summed E-state index contributed by atoms with van der Waals surface area (Å²) < 4.78 is 0. The van der Waals surface area contributed by atoms with Crippen molar-refractivity contribution in [3.63, 3.8) is 0 Å². The minimum Gasteiger partial charge on any atom is -0.368 e. The first-order chi connectivity index (χ1) is 14.5. The Morgan fingerprint density at radius 3 is 2.67 bits per heavy atom. The van der Waals surface area contributed by atoms with E-state index in [-0.39, 0.29) is 5.41 Å². The Bertz CT molecular complexity index is 970. The van der Waals surface area contributed by atoms with E-state index in [1.165, 1.54) is 32.1 Å². The number of hydrogen-bond donors (Lipinski definition) is 3. The standard InChI is InChI=1S/C23H27ClN6/c24-19-4-2-1-3-15(19)11-27-22-28-12-18(10-25)21(30-22)29-13-23-7-14-5-16(8-23)20(26)17(6-14)9-23/h1-4,12,14,16-17,20H,5-9,11,13,26H2,(H2,27,28,29,30). The molecule has 1 aromatic heterocycles. The van der Waals surface area contributed by atoms with Gasteiger partial charge in [0.1, 0.15) is 17.5 Å². The molecule has 6 nitrogen and oxygen atoms in total. The van der Waals surface area contributed by atoms with E-state index in [2.05, 4.69) is 26.7 Å². The molecule has 0 amide bonds. The van der Waals surface area contributed by atoms with Crippen LogP contribution in [0.3, 0.4) is 0 Å². The van der Waals surface area contributed by atoms with Gasteiger partial charge in [0, 0.05) is 24.2 Å². The molecule has 4 bridgehead atoms. The van der Waals surface area contributed by atoms with Crippen molar-refractivity contribution in [2.24, 2.45) is 28.9 Å². The molecular formula is C23H27ClN6. The highest BCUT2D eigenvalue weighted by Crippen LogP contribution is 2.59. The van der Waals surface area contributed by atoms with Gasteiger partial charge in [0.2, 0.25) is 5.95 Å². The van der Waals surface area contributed by atoms with Crippen LogP contribution >= 0.6 is 11.6 Å². The van der Waals surface area contributed by atoms with Crippen LogP contribution < -0.4 is 16.4 Å². The molecule has 2 unspecified atom stereocenters. The number of hydrogen-bond acceptors (Lipinski definition) is 6. The Morgan fingerprint density at radius 2 is 1.93 bits per heavy atom. The summed E-state index contributed by atoms with van der Waals surface area (Å²) in [5.41, 5.74) is 8.23. The van der Waals surface area contributed by atoms with Gasteiger partial charge in [0.15, 0.2) is 0 Å². The molecule has 2 aromatic rings. The molecule has 0 spiro atoms. The summed E-state index contributed by atoms with van der Waals surface area (Å²) in [5, 5.41) is 17.0. The number of nitrogens with two attached hydrogens (primary N) is 1. The van der Waals surface area contributed by atoms with Gasteiger partial charge < -0.3 is 16.4 Å². The van der Waals surface area contributed by atoms with Gasteiger partial charge in [-0.1, -0.05) is 29.8 Å². The second kappa shape index (κ2) is 7.72. The van der Waals surface area contributed by atoms with Crippen LogP contribution in [0.2, 0.25) is 5.02 Å². The number of anilines is 2. The number of halogens is 1. The van der Waals surface area contributed by atoms with Crippen LogP contribution in [0.5, 0.6) is 0 Å². The van der Waals surface area contributed by atoms with Crippen LogP contribution in [0.15, 0.2) is 30.5 Å². The molecule has 1 heterocycles. The van der Waals surface area contributed by atoms with Gasteiger partial charge in [0.25, 0.3) is 0 Å². The summed E-state index contributed by atoms with van der Waals surface area (Å²) in [6.07, 6.45) is 7.83. The number of rotatable bonds is 6. The van der Waals surface area contributed by atoms with E-state index in [0.717, 1.165) is 18.0 Å². The second-order valence-corrected chi connectivity index (χ2v) is 9.82. The zero-order chi connectivity index (χ0) is 20.7. The fourth-order valence-electron chi connectivity index (χ4n) is 6.22. The van der Waals surface area contributed by atoms with Gasteiger partial charge in [-0.05, 0) is 66.9 Å². The van der Waals surface area contributed by atoms with E-state index in [1.54, 1.807) is 6.20 Å². The summed E-state index contributed by atoms with van der Waals surface area (Å²) >= 11 is 6.23. The van der Waals surface area contributed by atoms with Gasteiger partial charge in [-0.2, -0.15) is 10.2 Å². The smallest absolute Gasteiger partial charge is 0.224 e. The van der Waals surface area contributed by atoms with E-state index in [0.29, 0.717) is 46.8 Å². The van der Waals surface area contributed by atoms with Crippen molar-refractivity contribution < 1.29 is 0 Å². The average Bonchev–Trinajstić information content (AvgIpc) is 2.75. The van der Waals surface area contributed by atoms with Gasteiger partial charge in [-0.3, -0.25) is 0 Å². The molecule has 4 N–H and O–H groups in total. The normalized spacial score (nSPS) is 31.4. The highest BCUT2D eigenvalue weighted by atomic mass is 35.5. The van der Waals surface area contributed by atoms with E-state index in [9.17, 15) is 5.26 Å². The van der Waals surface area contributed by atoms with Crippen molar-refractivity contribution in [1.82, 2.24) is 9.97 Å². The van der Waals surface area contributed by atoms with Gasteiger partial charge >= 0.3 is 0 Å². The fourth-order valence-corrected chi connectivity index (χ4v) is 6.42. The van der Waals surface area contributed by atoms with E-state index in [4.69, 9.17) is 17.3 Å². The third kappa shape index (κ3) is 3.61. The molecule has 2 atom stereocenters. The minimum atomic E-state index is 0.287. The zero-order valence-corrected chi connectivity index (χ0v) is 17.7. The molecular weight excluding hydrogens is 396 g/mol. The van der Waals surface area contributed by atoms with E-state index < -0.39 is 0 Å². The molecule has 7 heteroatoms. The highest BCUT2D eigenvalue weighted by molar-refractivity contribution is 6.31. The summed E-state index contributed by atoms with van der Waals surface area (Å²) in [6, 6.07) is 10.3. The highest BCUT2D eigenvalue weighted by Gasteiger charge is 2.54. The number of nitriles is 1. The summed E-state index contributed by atoms with van der Waals surface area (Å²) in [5.74, 6) is 3.23. The lowest BCUT2D eigenvalue weighted by Gasteiger charge is -2.59. The number of nitrogens with zero attached hydrogens (tertiary/aromatic N) is 3. The molecule has 6 rings (SSSR count). The lowest BCUT2D eigenvalue weighted by atomic mass is 9.48. The van der Waals surface area contributed by atoms with Crippen LogP contribution in [0, 0.1) is 34.5 Å². The predicted molar refractivity (Wildman–Crippen MR) is 118 cm³/mol. The summed E-state index contributed by atoms with van der Waals surface area (Å²) in [4.78, 5) is 8.89. The minimum absolute atomic E-state index is 0.287. The van der Waals surface area contributed by atoms with Gasteiger partial charge in [-0.25, -0.2) is 4.98 Å². The molecule has 0 saturated heterocycles. The second-order valence-electron chi connectivity index (χ2n) is 9.41. The quantitative estimate of drug-likeness (QED) is 0.645. The third-order valence-electron chi connectivity index (χ3n) is 7.41. The van der Waals surface area contributed by atoms with Crippen molar-refractivity contribution >= 4 is 23.4 Å². The van der Waals surface area contributed by atoms with Crippen molar-refractivity contribution in [2.75, 3.05) is 17.2 Å². The van der Waals surface area contributed by atoms with Crippen molar-refractivity contribution in [1.29, 1.82) is 5.26 Å². The molecule has 0 aliphatic heterocycles. The van der Waals surface area contributed by atoms with E-state index >= 15 is 0 Å². The SMILES string of the molecule is N#Cc1cnc(NCc2ccccc2Cl)nc1NCC12CC3CC(C1)C(N)C(C3)C2. The Balaban J connectivity index is 1.29. The van der Waals surface area contributed by atoms with Crippen molar-refractivity contribution in [3.8, 4) is 6.07 Å². The number of nitrogens with one attached hydrogen (secondary N) is 2. The lowest BCUT2D eigenvalue weighted by Crippen LogP contribution is -2.58. The maximum atomic E-state index is 9.52. The molecule has 4 aliphatic carbocycles. The molecule has 156 valence electrons. The molecule has 0 radical (unpaired) electrons. The Labute approximate surface area is 182 Å². The van der Waals surface area contributed by atoms with E-state index in [1.807, 2.05) is 24.3 Å². The van der Waals surface area contributed by atoms with Crippen molar-refractivity contribution in [2.45, 2.75) is 44.7 Å². The first-order valence-corrected chi connectivity index (χ1v) is 11.2. The Hall–Kier alpha value is -2.36. The first kappa shape index (κ1) is 19.6. The fraction of sp³-hybridized carbons (Fsp3) is 0.522. The van der Waals surface area contributed by atoms with Crippen LogP contribution in [0.1, 0.15) is 43.2 Å². The third-order valence-corrected chi connectivity index (χ3v) is 7.78. The Morgan fingerprint density at radius 1 is 1.17 bits per heavy atom. The molecule has 4 saturated carbocycles. The number of benzene rings is 1. The monoisotopic (exact) mass is 422 g/mol. The largest absolute Gasteiger partial charge is 0.368 e. The van der Waals surface area contributed by atoms with Crippen LogP contribution in [-0.4, -0.2) is 22.6 Å². The lowest BCUT2D eigenvalue weighted by molar-refractivity contribution is -0.0591. The average molecular weight is 423 g/mol. The van der Waals surface area contributed by atoms with Crippen LogP contribution in [0.4, 0.5) is 11.8 Å². The molecule has 4 aliphatic rings. The maximum absolute atomic E-state index is 9.52. The van der Waals surface area contributed by atoms with Gasteiger partial charge in [0.05, 0.1) is 6.20 Å². The topological polar surface area (TPSA) is 99.6 Å². The van der Waals surface area contributed by atoms with Gasteiger partial charge in [-0.15, -0.1) is 0 Å². The molecule has 1 aromatic carbocycles. The molecule has 30 heavy (non-hydrogen) atoms. The van der Waals surface area contributed by atoms with Crippen LogP contribution in [-0.2, 0) is 6.54 Å². The summed E-state index contributed by atoms with van der Waals surface area (Å²) in [7, 11) is 0. The number of aromatic nitrogens is 2. The maximum Gasteiger partial charge on any atom is 0.224 e.